The Bertz CT molecular complexity index is 1090. The highest BCUT2D eigenvalue weighted by atomic mass is 16.5. The lowest BCUT2D eigenvalue weighted by Gasteiger charge is -2.23. The van der Waals surface area contributed by atoms with Gasteiger partial charge in [-0.2, -0.15) is 5.26 Å². The molecule has 6 heteroatoms. The average Bonchev–Trinajstić information content (AvgIpc) is 2.82. The highest BCUT2D eigenvalue weighted by molar-refractivity contribution is 5.81. The fourth-order valence-corrected chi connectivity index (χ4v) is 3.55. The number of aromatic nitrogens is 1. The maximum atomic E-state index is 12.3. The maximum absolute atomic E-state index is 12.3. The Morgan fingerprint density at radius 3 is 2.56 bits per heavy atom. The first-order valence-electron chi connectivity index (χ1n) is 10.7. The van der Waals surface area contributed by atoms with Gasteiger partial charge in [-0.25, -0.2) is 4.79 Å². The van der Waals surface area contributed by atoms with E-state index < -0.39 is 12.0 Å². The Kier molecular flexibility index (Phi) is 7.82. The Hall–Kier alpha value is -3.85. The van der Waals surface area contributed by atoms with Gasteiger partial charge in [-0.1, -0.05) is 32.4 Å². The molecule has 1 unspecified atom stereocenters. The number of nitriles is 1. The van der Waals surface area contributed by atoms with E-state index in [2.05, 4.69) is 36.3 Å². The van der Waals surface area contributed by atoms with Gasteiger partial charge in [0.1, 0.15) is 12.4 Å². The van der Waals surface area contributed by atoms with Crippen LogP contribution in [0.15, 0.2) is 60.9 Å². The molecule has 0 bridgehead atoms. The monoisotopic (exact) mass is 429 g/mol. The lowest BCUT2D eigenvalue weighted by atomic mass is 9.95. The molecule has 0 spiro atoms. The number of nitrogens with one attached hydrogen (secondary N) is 1. The molecule has 32 heavy (non-hydrogen) atoms. The second-order valence-electron chi connectivity index (χ2n) is 7.53. The summed E-state index contributed by atoms with van der Waals surface area (Å²) < 4.78 is 6.23. The summed E-state index contributed by atoms with van der Waals surface area (Å²) >= 11 is 0. The van der Waals surface area contributed by atoms with Crippen LogP contribution >= 0.6 is 0 Å². The van der Waals surface area contributed by atoms with Gasteiger partial charge in [-0.05, 0) is 60.4 Å². The average molecular weight is 430 g/mol. The number of benzene rings is 2. The lowest BCUT2D eigenvalue weighted by Crippen LogP contribution is -2.22. The molecule has 3 aromatic rings. The quantitative estimate of drug-likeness (QED) is 0.455. The van der Waals surface area contributed by atoms with Crippen molar-refractivity contribution in [3.05, 3.63) is 88.7 Å². The van der Waals surface area contributed by atoms with E-state index in [1.54, 1.807) is 36.7 Å². The van der Waals surface area contributed by atoms with Gasteiger partial charge in [-0.15, -0.1) is 0 Å². The van der Waals surface area contributed by atoms with Gasteiger partial charge < -0.3 is 15.2 Å². The first-order chi connectivity index (χ1) is 15.5. The summed E-state index contributed by atoms with van der Waals surface area (Å²) in [5, 5.41) is 22.2. The zero-order chi connectivity index (χ0) is 22.9. The van der Waals surface area contributed by atoms with Crippen LogP contribution in [0.4, 0.5) is 5.69 Å². The molecule has 0 fully saturated rings. The van der Waals surface area contributed by atoms with E-state index in [1.807, 2.05) is 18.2 Å². The topological polar surface area (TPSA) is 95.2 Å². The van der Waals surface area contributed by atoms with Crippen LogP contribution < -0.4 is 10.1 Å². The van der Waals surface area contributed by atoms with Crippen LogP contribution in [-0.4, -0.2) is 16.1 Å². The van der Waals surface area contributed by atoms with Gasteiger partial charge in [0, 0.05) is 29.2 Å². The number of anilines is 1. The molecule has 0 saturated carbocycles. The molecule has 0 aliphatic carbocycles. The number of aryl methyl sites for hydroxylation is 2. The number of hydrogen-bond donors (Lipinski definition) is 2. The van der Waals surface area contributed by atoms with Gasteiger partial charge in [0.15, 0.2) is 6.04 Å². The molecular formula is C26H27N3O3. The predicted octanol–water partition coefficient (Wildman–Crippen LogP) is 5.28. The largest absolute Gasteiger partial charge is 0.488 e. The van der Waals surface area contributed by atoms with E-state index in [4.69, 9.17) is 10.00 Å². The highest BCUT2D eigenvalue weighted by Gasteiger charge is 2.26. The molecule has 0 aliphatic heterocycles. The molecule has 0 aliphatic rings. The molecule has 1 aromatic heterocycles. The third-order valence-electron chi connectivity index (χ3n) is 5.17. The first kappa shape index (κ1) is 22.8. The Morgan fingerprint density at radius 2 is 1.97 bits per heavy atom. The maximum Gasteiger partial charge on any atom is 0.330 e. The Labute approximate surface area is 188 Å². The minimum atomic E-state index is -1.01. The summed E-state index contributed by atoms with van der Waals surface area (Å²) in [4.78, 5) is 16.5. The van der Waals surface area contributed by atoms with Crippen molar-refractivity contribution in [1.82, 2.24) is 4.98 Å². The van der Waals surface area contributed by atoms with E-state index in [0.717, 1.165) is 36.0 Å². The summed E-state index contributed by atoms with van der Waals surface area (Å²) in [6.45, 7) is 4.44. The molecule has 0 radical (unpaired) electrons. The fourth-order valence-electron chi connectivity index (χ4n) is 3.55. The molecule has 3 rings (SSSR count). The number of ether oxygens (including phenoxy) is 1. The predicted molar refractivity (Wildman–Crippen MR) is 124 cm³/mol. The SMILES string of the molecule is CCCc1cc(CC)cc(C(Nc2ccc(C#N)cc2)C(=O)O)c1OCc1cccnc1. The Morgan fingerprint density at radius 1 is 1.19 bits per heavy atom. The molecule has 1 atom stereocenters. The van der Waals surface area contributed by atoms with Gasteiger partial charge in [0.05, 0.1) is 11.6 Å². The van der Waals surface area contributed by atoms with Crippen molar-refractivity contribution in [2.75, 3.05) is 5.32 Å². The normalized spacial score (nSPS) is 11.4. The van der Waals surface area contributed by atoms with Crippen molar-refractivity contribution in [3.63, 3.8) is 0 Å². The highest BCUT2D eigenvalue weighted by Crippen LogP contribution is 2.35. The van der Waals surface area contributed by atoms with Crippen molar-refractivity contribution in [2.45, 2.75) is 45.8 Å². The number of carboxylic acid groups (broad SMARTS) is 1. The number of nitrogens with zero attached hydrogens (tertiary/aromatic N) is 2. The van der Waals surface area contributed by atoms with Crippen LogP contribution in [0, 0.1) is 11.3 Å². The van der Waals surface area contributed by atoms with Crippen LogP contribution in [0.1, 0.15) is 54.1 Å². The van der Waals surface area contributed by atoms with Gasteiger partial charge in [-0.3, -0.25) is 4.98 Å². The van der Waals surface area contributed by atoms with Crippen molar-refractivity contribution in [1.29, 1.82) is 5.26 Å². The third kappa shape index (κ3) is 5.64. The number of rotatable bonds is 10. The van der Waals surface area contributed by atoms with Gasteiger partial charge in [0.2, 0.25) is 0 Å². The van der Waals surface area contributed by atoms with Crippen LogP contribution in [0.3, 0.4) is 0 Å². The zero-order valence-electron chi connectivity index (χ0n) is 18.3. The molecule has 6 nitrogen and oxygen atoms in total. The molecule has 0 saturated heterocycles. The minimum Gasteiger partial charge on any atom is -0.488 e. The molecule has 1 heterocycles. The smallest absolute Gasteiger partial charge is 0.330 e. The summed E-state index contributed by atoms with van der Waals surface area (Å²) in [5.74, 6) is -0.405. The number of pyridine rings is 1. The first-order valence-corrected chi connectivity index (χ1v) is 10.7. The summed E-state index contributed by atoms with van der Waals surface area (Å²) in [7, 11) is 0. The molecule has 0 amide bonds. The molecule has 2 N–H and O–H groups in total. The molecular weight excluding hydrogens is 402 g/mol. The number of aliphatic carboxylic acids is 1. The van der Waals surface area contributed by atoms with E-state index in [9.17, 15) is 9.90 Å². The molecule has 2 aromatic carbocycles. The number of hydrogen-bond acceptors (Lipinski definition) is 5. The standard InChI is InChI=1S/C26H27N3O3/c1-3-6-21-13-18(4-2)14-23(25(21)32-17-20-7-5-12-28-16-20)24(26(30)31)29-22-10-8-19(15-27)9-11-22/h5,7-14,16,24,29H,3-4,6,17H2,1-2H3,(H,30,31). The van der Waals surface area contributed by atoms with Crippen molar-refractivity contribution in [2.24, 2.45) is 0 Å². The van der Waals surface area contributed by atoms with E-state index in [-0.39, 0.29) is 0 Å². The summed E-state index contributed by atoms with van der Waals surface area (Å²) in [6.07, 6.45) is 5.93. The lowest BCUT2D eigenvalue weighted by molar-refractivity contribution is -0.138. The van der Waals surface area contributed by atoms with Crippen LogP contribution in [-0.2, 0) is 24.2 Å². The number of carboxylic acids is 1. The zero-order valence-corrected chi connectivity index (χ0v) is 18.3. The van der Waals surface area contributed by atoms with Crippen molar-refractivity contribution < 1.29 is 14.6 Å². The number of carbonyl (C=O) groups is 1. The summed E-state index contributed by atoms with van der Waals surface area (Å²) in [5.41, 5.74) is 4.69. The van der Waals surface area contributed by atoms with E-state index in [1.165, 1.54) is 0 Å². The molecule has 164 valence electrons. The minimum absolute atomic E-state index is 0.298. The summed E-state index contributed by atoms with van der Waals surface area (Å²) in [6, 6.07) is 15.6. The van der Waals surface area contributed by atoms with E-state index in [0.29, 0.717) is 29.2 Å². The Balaban J connectivity index is 2.03. The van der Waals surface area contributed by atoms with Crippen LogP contribution in [0.2, 0.25) is 0 Å². The second kappa shape index (κ2) is 11.0. The second-order valence-corrected chi connectivity index (χ2v) is 7.53. The van der Waals surface area contributed by atoms with Crippen LogP contribution in [0.5, 0.6) is 5.75 Å². The van der Waals surface area contributed by atoms with Crippen LogP contribution in [0.25, 0.3) is 0 Å². The van der Waals surface area contributed by atoms with E-state index >= 15 is 0 Å². The van der Waals surface area contributed by atoms with Gasteiger partial charge >= 0.3 is 5.97 Å². The fraction of sp³-hybridized carbons (Fsp3) is 0.269. The van der Waals surface area contributed by atoms with Gasteiger partial charge in [0.25, 0.3) is 0 Å². The third-order valence-corrected chi connectivity index (χ3v) is 5.17. The van der Waals surface area contributed by atoms with Crippen molar-refractivity contribution in [3.8, 4) is 11.8 Å². The van der Waals surface area contributed by atoms with Crippen molar-refractivity contribution >= 4 is 11.7 Å².